The summed E-state index contributed by atoms with van der Waals surface area (Å²) in [5.74, 6) is -0.0813. The number of pyridine rings is 1. The molecule has 33 heavy (non-hydrogen) atoms. The first kappa shape index (κ1) is 23.2. The molecule has 2 aromatic heterocycles. The highest BCUT2D eigenvalue weighted by Crippen LogP contribution is 2.26. The molecule has 0 aliphatic carbocycles. The van der Waals surface area contributed by atoms with E-state index in [0.717, 1.165) is 22.1 Å². The number of thioether (sulfide) groups is 1. The Morgan fingerprint density at radius 1 is 1.12 bits per heavy atom. The number of hydrogen-bond acceptors (Lipinski definition) is 6. The van der Waals surface area contributed by atoms with E-state index in [2.05, 4.69) is 15.5 Å². The third-order valence-electron chi connectivity index (χ3n) is 5.45. The molecule has 0 saturated carbocycles. The Kier molecular flexibility index (Phi) is 6.42. The monoisotopic (exact) mass is 483 g/mol. The highest BCUT2D eigenvalue weighted by molar-refractivity contribution is 7.99. The molecule has 4 rings (SSSR count). The predicted molar refractivity (Wildman–Crippen MR) is 131 cm³/mol. The molecule has 0 unspecified atom stereocenters. The molecule has 4 aromatic rings. The quantitative estimate of drug-likeness (QED) is 0.400. The third kappa shape index (κ3) is 4.59. The molecule has 2 aromatic carbocycles. The van der Waals surface area contributed by atoms with E-state index in [1.54, 1.807) is 19.2 Å². The maximum Gasteiger partial charge on any atom is 0.243 e. The molecule has 0 bridgehead atoms. The number of carbonyl (C=O) groups excluding carboxylic acids is 1. The molecule has 1 amide bonds. The molecule has 8 nitrogen and oxygen atoms in total. The minimum atomic E-state index is -3.57. The highest BCUT2D eigenvalue weighted by atomic mass is 32.2. The van der Waals surface area contributed by atoms with Crippen molar-refractivity contribution in [1.29, 1.82) is 0 Å². The normalized spacial score (nSPS) is 12.2. The van der Waals surface area contributed by atoms with Crippen molar-refractivity contribution in [3.63, 3.8) is 0 Å². The average Bonchev–Trinajstić information content (AvgIpc) is 3.20. The Labute approximate surface area is 197 Å². The van der Waals surface area contributed by atoms with Gasteiger partial charge in [0.2, 0.25) is 15.9 Å². The van der Waals surface area contributed by atoms with Crippen molar-refractivity contribution in [1.82, 2.24) is 18.9 Å². The Morgan fingerprint density at radius 2 is 1.82 bits per heavy atom. The first-order valence-corrected chi connectivity index (χ1v) is 12.9. The largest absolute Gasteiger partial charge is 0.325 e. The maximum absolute atomic E-state index is 12.6. The lowest BCUT2D eigenvalue weighted by Gasteiger charge is -2.21. The van der Waals surface area contributed by atoms with Gasteiger partial charge in [0.15, 0.2) is 10.8 Å². The molecule has 2 heterocycles. The Bertz CT molecular complexity index is 1430. The van der Waals surface area contributed by atoms with Gasteiger partial charge in [0.1, 0.15) is 0 Å². The van der Waals surface area contributed by atoms with Crippen molar-refractivity contribution >= 4 is 49.9 Å². The third-order valence-corrected chi connectivity index (χ3v) is 8.43. The van der Waals surface area contributed by atoms with Crippen LogP contribution in [0.25, 0.3) is 16.6 Å². The van der Waals surface area contributed by atoms with Crippen LogP contribution < -0.4 is 5.32 Å². The molecule has 10 heteroatoms. The van der Waals surface area contributed by atoms with Crippen molar-refractivity contribution in [3.05, 3.63) is 60.2 Å². The fourth-order valence-corrected chi connectivity index (χ4v) is 5.57. The molecule has 0 fully saturated rings. The van der Waals surface area contributed by atoms with Gasteiger partial charge in [-0.25, -0.2) is 8.42 Å². The number of anilines is 1. The van der Waals surface area contributed by atoms with Gasteiger partial charge in [-0.15, -0.1) is 10.2 Å². The lowest BCUT2D eigenvalue weighted by Crippen LogP contribution is -2.33. The summed E-state index contributed by atoms with van der Waals surface area (Å²) >= 11 is 1.29. The molecule has 1 N–H and O–H groups in total. The van der Waals surface area contributed by atoms with Crippen molar-refractivity contribution in [2.45, 2.75) is 36.9 Å². The van der Waals surface area contributed by atoms with Crippen LogP contribution in [0.5, 0.6) is 0 Å². The lowest BCUT2D eigenvalue weighted by atomic mass is 10.1. The van der Waals surface area contributed by atoms with Gasteiger partial charge in [-0.1, -0.05) is 30.0 Å². The van der Waals surface area contributed by atoms with Crippen LogP contribution in [0.3, 0.4) is 0 Å². The Hall–Kier alpha value is -2.95. The van der Waals surface area contributed by atoms with Crippen LogP contribution in [0.2, 0.25) is 0 Å². The van der Waals surface area contributed by atoms with Crippen LogP contribution in [-0.4, -0.2) is 52.1 Å². The number of fused-ring (bicyclic) bond motifs is 3. The van der Waals surface area contributed by atoms with Crippen LogP contribution in [0.1, 0.15) is 19.4 Å². The van der Waals surface area contributed by atoms with Crippen molar-refractivity contribution in [2.24, 2.45) is 0 Å². The topological polar surface area (TPSA) is 96.7 Å². The van der Waals surface area contributed by atoms with Crippen molar-refractivity contribution < 1.29 is 13.2 Å². The molecular formula is C23H25N5O3S2. The number of sulfonamides is 1. The summed E-state index contributed by atoms with van der Waals surface area (Å²) in [4.78, 5) is 12.7. The van der Waals surface area contributed by atoms with E-state index >= 15 is 0 Å². The van der Waals surface area contributed by atoms with Crippen LogP contribution in [0.4, 0.5) is 5.69 Å². The van der Waals surface area contributed by atoms with E-state index in [1.807, 2.05) is 55.5 Å². The Morgan fingerprint density at radius 3 is 2.52 bits per heavy atom. The number of aryl methyl sites for hydroxylation is 1. The van der Waals surface area contributed by atoms with E-state index in [4.69, 9.17) is 0 Å². The van der Waals surface area contributed by atoms with Crippen molar-refractivity contribution in [2.75, 3.05) is 18.1 Å². The van der Waals surface area contributed by atoms with Gasteiger partial charge in [-0.05, 0) is 62.7 Å². The minimum absolute atomic E-state index is 0.138. The summed E-state index contributed by atoms with van der Waals surface area (Å²) in [7, 11) is -2.02. The second-order valence-corrected chi connectivity index (χ2v) is 10.9. The first-order valence-electron chi connectivity index (χ1n) is 10.4. The van der Waals surface area contributed by atoms with Crippen LogP contribution in [0, 0.1) is 6.92 Å². The maximum atomic E-state index is 12.6. The molecule has 0 spiro atoms. The summed E-state index contributed by atoms with van der Waals surface area (Å²) < 4.78 is 28.4. The van der Waals surface area contributed by atoms with Gasteiger partial charge in [0.05, 0.1) is 16.2 Å². The molecule has 0 aliphatic rings. The zero-order valence-corrected chi connectivity index (χ0v) is 20.4. The van der Waals surface area contributed by atoms with Crippen molar-refractivity contribution in [3.8, 4) is 0 Å². The van der Waals surface area contributed by atoms with E-state index in [9.17, 15) is 13.2 Å². The van der Waals surface area contributed by atoms with Gasteiger partial charge in [0.25, 0.3) is 0 Å². The molecule has 0 aliphatic heterocycles. The fraction of sp³-hybridized carbons (Fsp3) is 0.261. The number of amides is 1. The number of rotatable bonds is 7. The number of para-hydroxylation sites is 1. The summed E-state index contributed by atoms with van der Waals surface area (Å²) in [5, 5.41) is 13.1. The molecule has 0 atom stereocenters. The molecule has 0 saturated heterocycles. The number of nitrogens with one attached hydrogen (secondary N) is 1. The highest BCUT2D eigenvalue weighted by Gasteiger charge is 2.23. The first-order chi connectivity index (χ1) is 15.7. The second kappa shape index (κ2) is 9.12. The fourth-order valence-electron chi connectivity index (χ4n) is 3.45. The summed E-state index contributed by atoms with van der Waals surface area (Å²) in [5.41, 5.74) is 3.37. The predicted octanol–water partition coefficient (Wildman–Crippen LogP) is 3.95. The lowest BCUT2D eigenvalue weighted by molar-refractivity contribution is -0.113. The molecular weight excluding hydrogens is 458 g/mol. The van der Waals surface area contributed by atoms with E-state index in [1.165, 1.54) is 28.2 Å². The smallest absolute Gasteiger partial charge is 0.243 e. The van der Waals surface area contributed by atoms with Gasteiger partial charge < -0.3 is 5.32 Å². The summed E-state index contributed by atoms with van der Waals surface area (Å²) in [6.07, 6.45) is 0. The van der Waals surface area contributed by atoms with Gasteiger partial charge in [0, 0.05) is 24.2 Å². The zero-order valence-electron chi connectivity index (χ0n) is 18.8. The number of nitrogens with zero attached hydrogens (tertiary/aromatic N) is 4. The zero-order chi connectivity index (χ0) is 23.8. The van der Waals surface area contributed by atoms with Gasteiger partial charge >= 0.3 is 0 Å². The average molecular weight is 484 g/mol. The number of carbonyl (C=O) groups is 1. The minimum Gasteiger partial charge on any atom is -0.325 e. The number of benzene rings is 2. The Balaban J connectivity index is 1.46. The van der Waals surface area contributed by atoms with Crippen LogP contribution in [-0.2, 0) is 14.8 Å². The van der Waals surface area contributed by atoms with Gasteiger partial charge in [-0.3, -0.25) is 9.20 Å². The number of hydrogen-bond donors (Lipinski definition) is 1. The number of aromatic nitrogens is 3. The van der Waals surface area contributed by atoms with E-state index < -0.39 is 10.0 Å². The van der Waals surface area contributed by atoms with Crippen LogP contribution >= 0.6 is 11.8 Å². The summed E-state index contributed by atoms with van der Waals surface area (Å²) in [6, 6.07) is 16.0. The van der Waals surface area contributed by atoms with Crippen LogP contribution in [0.15, 0.2) is 64.6 Å². The van der Waals surface area contributed by atoms with E-state index in [-0.39, 0.29) is 22.6 Å². The molecule has 172 valence electrons. The molecule has 0 radical (unpaired) electrons. The van der Waals surface area contributed by atoms with E-state index in [0.29, 0.717) is 10.8 Å². The second-order valence-electron chi connectivity index (χ2n) is 8.00. The summed E-state index contributed by atoms with van der Waals surface area (Å²) in [6.45, 7) is 5.66. The standard InChI is InChI=1S/C23H25N5O3S2/c1-15(2)27(4)33(30,31)18-11-9-17(10-12-18)24-22(29)14-32-23-26-25-21-13-16(3)19-7-5-6-8-20(19)28(21)23/h5-13,15H,14H2,1-4H3,(H,24,29). The SMILES string of the molecule is Cc1cc2nnc(SCC(=O)Nc3ccc(S(=O)(=O)N(C)C(C)C)cc3)n2c2ccccc12. The van der Waals surface area contributed by atoms with Gasteiger partial charge in [-0.2, -0.15) is 4.31 Å².